The molecule has 1 atom stereocenters. The lowest BCUT2D eigenvalue weighted by molar-refractivity contribution is 0.0771. The fourth-order valence-electron chi connectivity index (χ4n) is 3.85. The van der Waals surface area contributed by atoms with Gasteiger partial charge >= 0.3 is 0 Å². The van der Waals surface area contributed by atoms with E-state index in [2.05, 4.69) is 30.2 Å². The minimum atomic E-state index is 0.126. The summed E-state index contributed by atoms with van der Waals surface area (Å²) in [7, 11) is 1.94. The SMILES string of the molecule is CCC(CC)n1nc(C)cc1C(=O)N1CC[C@@H](Cc2cnn(C)c2)C1. The van der Waals surface area contributed by atoms with E-state index in [0.717, 1.165) is 50.2 Å². The predicted molar refractivity (Wildman–Crippen MR) is 97.5 cm³/mol. The number of rotatable bonds is 6. The molecule has 0 saturated carbocycles. The maximum absolute atomic E-state index is 13.1. The molecule has 136 valence electrons. The number of hydrogen-bond donors (Lipinski definition) is 0. The zero-order chi connectivity index (χ0) is 18.0. The second kappa shape index (κ2) is 7.42. The minimum Gasteiger partial charge on any atom is -0.337 e. The van der Waals surface area contributed by atoms with Gasteiger partial charge in [0.05, 0.1) is 17.9 Å². The second-order valence-electron chi connectivity index (χ2n) is 7.22. The molecular formula is C19H29N5O. The van der Waals surface area contributed by atoms with E-state index in [4.69, 9.17) is 0 Å². The number of aromatic nitrogens is 4. The first-order valence-electron chi connectivity index (χ1n) is 9.34. The fourth-order valence-corrected chi connectivity index (χ4v) is 3.85. The lowest BCUT2D eigenvalue weighted by atomic mass is 10.0. The Hall–Kier alpha value is -2.11. The van der Waals surface area contributed by atoms with E-state index in [-0.39, 0.29) is 5.91 Å². The first-order chi connectivity index (χ1) is 12.0. The predicted octanol–water partition coefficient (Wildman–Crippen LogP) is 2.99. The zero-order valence-electron chi connectivity index (χ0n) is 15.8. The van der Waals surface area contributed by atoms with E-state index in [9.17, 15) is 4.79 Å². The summed E-state index contributed by atoms with van der Waals surface area (Å²) in [6, 6.07) is 2.23. The van der Waals surface area contributed by atoms with Gasteiger partial charge in [0.2, 0.25) is 0 Å². The molecule has 0 spiro atoms. The Morgan fingerprint density at radius 2 is 2.12 bits per heavy atom. The summed E-state index contributed by atoms with van der Waals surface area (Å²) in [5.74, 6) is 0.639. The monoisotopic (exact) mass is 343 g/mol. The average Bonchev–Trinajstić information content (AvgIpc) is 3.30. The van der Waals surface area contributed by atoms with Gasteiger partial charge in [-0.2, -0.15) is 10.2 Å². The molecule has 1 aliphatic rings. The first-order valence-corrected chi connectivity index (χ1v) is 9.34. The number of likely N-dealkylation sites (tertiary alicyclic amines) is 1. The Morgan fingerprint density at radius 3 is 2.76 bits per heavy atom. The quantitative estimate of drug-likeness (QED) is 0.810. The fraction of sp³-hybridized carbons (Fsp3) is 0.632. The number of hydrogen-bond acceptors (Lipinski definition) is 3. The van der Waals surface area contributed by atoms with Crippen LogP contribution in [0.15, 0.2) is 18.5 Å². The standard InChI is InChI=1S/C19H29N5O/c1-5-17(6-2)24-18(9-14(3)21-24)19(25)23-8-7-15(13-23)10-16-11-20-22(4)12-16/h9,11-12,15,17H,5-8,10,13H2,1-4H3/t15-/m0/s1. The van der Waals surface area contributed by atoms with Gasteiger partial charge in [0.25, 0.3) is 5.91 Å². The molecule has 0 unspecified atom stereocenters. The third kappa shape index (κ3) is 3.78. The molecule has 0 aliphatic carbocycles. The Balaban J connectivity index is 1.70. The highest BCUT2D eigenvalue weighted by molar-refractivity contribution is 5.93. The van der Waals surface area contributed by atoms with Crippen molar-refractivity contribution in [2.24, 2.45) is 13.0 Å². The molecule has 0 aromatic carbocycles. The highest BCUT2D eigenvalue weighted by atomic mass is 16.2. The molecule has 2 aromatic rings. The van der Waals surface area contributed by atoms with Crippen molar-refractivity contribution in [3.05, 3.63) is 35.4 Å². The van der Waals surface area contributed by atoms with Gasteiger partial charge in [-0.15, -0.1) is 0 Å². The molecule has 1 aliphatic heterocycles. The Bertz CT molecular complexity index is 728. The molecule has 6 nitrogen and oxygen atoms in total. The van der Waals surface area contributed by atoms with Crippen molar-refractivity contribution in [3.63, 3.8) is 0 Å². The van der Waals surface area contributed by atoms with Crippen LogP contribution in [0.25, 0.3) is 0 Å². The van der Waals surface area contributed by atoms with Crippen molar-refractivity contribution >= 4 is 5.91 Å². The number of carbonyl (C=O) groups is 1. The lowest BCUT2D eigenvalue weighted by Crippen LogP contribution is -2.31. The van der Waals surface area contributed by atoms with E-state index in [1.165, 1.54) is 5.56 Å². The van der Waals surface area contributed by atoms with Crippen molar-refractivity contribution in [2.45, 2.75) is 52.5 Å². The van der Waals surface area contributed by atoms with Crippen molar-refractivity contribution in [1.82, 2.24) is 24.5 Å². The molecule has 0 bridgehead atoms. The largest absolute Gasteiger partial charge is 0.337 e. The van der Waals surface area contributed by atoms with Crippen LogP contribution >= 0.6 is 0 Å². The van der Waals surface area contributed by atoms with Crippen molar-refractivity contribution in [2.75, 3.05) is 13.1 Å². The molecule has 3 heterocycles. The summed E-state index contributed by atoms with van der Waals surface area (Å²) < 4.78 is 3.79. The minimum absolute atomic E-state index is 0.126. The first kappa shape index (κ1) is 17.7. The van der Waals surface area contributed by atoms with Crippen LogP contribution < -0.4 is 0 Å². The van der Waals surface area contributed by atoms with E-state index >= 15 is 0 Å². The van der Waals surface area contributed by atoms with Crippen LogP contribution in [-0.4, -0.2) is 43.5 Å². The summed E-state index contributed by atoms with van der Waals surface area (Å²) in [5.41, 5.74) is 2.91. The van der Waals surface area contributed by atoms with Crippen LogP contribution in [0.5, 0.6) is 0 Å². The van der Waals surface area contributed by atoms with E-state index in [1.807, 2.05) is 40.5 Å². The third-order valence-corrected chi connectivity index (χ3v) is 5.22. The number of amides is 1. The Morgan fingerprint density at radius 1 is 1.36 bits per heavy atom. The van der Waals surface area contributed by atoms with Gasteiger partial charge in [0.1, 0.15) is 5.69 Å². The van der Waals surface area contributed by atoms with E-state index in [0.29, 0.717) is 12.0 Å². The van der Waals surface area contributed by atoms with Gasteiger partial charge in [-0.1, -0.05) is 13.8 Å². The average molecular weight is 343 g/mol. The molecule has 2 aromatic heterocycles. The van der Waals surface area contributed by atoms with Crippen LogP contribution in [-0.2, 0) is 13.5 Å². The van der Waals surface area contributed by atoms with Crippen molar-refractivity contribution in [3.8, 4) is 0 Å². The molecule has 0 N–H and O–H groups in total. The maximum atomic E-state index is 13.1. The number of nitrogens with zero attached hydrogens (tertiary/aromatic N) is 5. The van der Waals surface area contributed by atoms with Gasteiger partial charge in [-0.25, -0.2) is 0 Å². The second-order valence-corrected chi connectivity index (χ2v) is 7.22. The van der Waals surface area contributed by atoms with Gasteiger partial charge in [0, 0.05) is 26.3 Å². The van der Waals surface area contributed by atoms with Gasteiger partial charge < -0.3 is 4.90 Å². The molecule has 1 saturated heterocycles. The molecule has 1 fully saturated rings. The number of carbonyl (C=O) groups excluding carboxylic acids is 1. The maximum Gasteiger partial charge on any atom is 0.272 e. The van der Waals surface area contributed by atoms with Gasteiger partial charge in [-0.3, -0.25) is 14.2 Å². The third-order valence-electron chi connectivity index (χ3n) is 5.22. The summed E-state index contributed by atoms with van der Waals surface area (Å²) in [6.07, 6.45) is 8.01. The Labute approximate surface area is 149 Å². The van der Waals surface area contributed by atoms with E-state index in [1.54, 1.807) is 0 Å². The van der Waals surface area contributed by atoms with Gasteiger partial charge in [-0.05, 0) is 50.2 Å². The molecule has 6 heteroatoms. The summed E-state index contributed by atoms with van der Waals surface area (Å²) in [6.45, 7) is 7.92. The Kier molecular flexibility index (Phi) is 5.25. The highest BCUT2D eigenvalue weighted by Crippen LogP contribution is 2.25. The van der Waals surface area contributed by atoms with Gasteiger partial charge in [0.15, 0.2) is 0 Å². The molecular weight excluding hydrogens is 314 g/mol. The van der Waals surface area contributed by atoms with Crippen molar-refractivity contribution < 1.29 is 4.79 Å². The van der Waals surface area contributed by atoms with E-state index < -0.39 is 0 Å². The summed E-state index contributed by atoms with van der Waals surface area (Å²) in [4.78, 5) is 15.1. The van der Waals surface area contributed by atoms with Crippen LogP contribution in [0, 0.1) is 12.8 Å². The smallest absolute Gasteiger partial charge is 0.272 e. The normalized spacial score (nSPS) is 17.6. The van der Waals surface area contributed by atoms with Crippen LogP contribution in [0.3, 0.4) is 0 Å². The van der Waals surface area contributed by atoms with Crippen LogP contribution in [0.1, 0.15) is 60.9 Å². The summed E-state index contributed by atoms with van der Waals surface area (Å²) in [5, 5.41) is 8.83. The highest BCUT2D eigenvalue weighted by Gasteiger charge is 2.30. The molecule has 1 amide bonds. The topological polar surface area (TPSA) is 56.0 Å². The number of aryl methyl sites for hydroxylation is 2. The summed E-state index contributed by atoms with van der Waals surface area (Å²) >= 11 is 0. The molecule has 0 radical (unpaired) electrons. The van der Waals surface area contributed by atoms with Crippen molar-refractivity contribution in [1.29, 1.82) is 0 Å². The van der Waals surface area contributed by atoms with Crippen LogP contribution in [0.4, 0.5) is 0 Å². The lowest BCUT2D eigenvalue weighted by Gasteiger charge is -2.20. The molecule has 25 heavy (non-hydrogen) atoms. The van der Waals surface area contributed by atoms with Crippen LogP contribution in [0.2, 0.25) is 0 Å². The molecule has 3 rings (SSSR count). The zero-order valence-corrected chi connectivity index (χ0v) is 15.8.